The van der Waals surface area contributed by atoms with Crippen LogP contribution >= 0.6 is 0 Å². The predicted octanol–water partition coefficient (Wildman–Crippen LogP) is 3.78. The van der Waals surface area contributed by atoms with Gasteiger partial charge < -0.3 is 5.32 Å². The Labute approximate surface area is 116 Å². The quantitative estimate of drug-likeness (QED) is 0.904. The summed E-state index contributed by atoms with van der Waals surface area (Å²) in [5.41, 5.74) is 1.03. The van der Waals surface area contributed by atoms with Crippen molar-refractivity contribution in [2.75, 3.05) is 5.32 Å². The van der Waals surface area contributed by atoms with Crippen molar-refractivity contribution in [2.45, 2.75) is 13.3 Å². The van der Waals surface area contributed by atoms with Gasteiger partial charge in [-0.1, -0.05) is 31.2 Å². The van der Waals surface area contributed by atoms with Gasteiger partial charge in [-0.05, 0) is 36.2 Å². The van der Waals surface area contributed by atoms with Gasteiger partial charge >= 0.3 is 0 Å². The molecule has 2 nitrogen and oxygen atoms in total. The predicted molar refractivity (Wildman–Crippen MR) is 74.3 cm³/mol. The smallest absolute Gasteiger partial charge is 0.227 e. The van der Waals surface area contributed by atoms with Gasteiger partial charge in [-0.15, -0.1) is 0 Å². The summed E-state index contributed by atoms with van der Waals surface area (Å²) in [5.74, 6) is -1.37. The highest BCUT2D eigenvalue weighted by atomic mass is 19.1. The average molecular weight is 275 g/mol. The van der Waals surface area contributed by atoms with Crippen molar-refractivity contribution in [3.8, 4) is 0 Å². The maximum Gasteiger partial charge on any atom is 0.227 e. The molecule has 0 heterocycles. The van der Waals surface area contributed by atoms with E-state index in [-0.39, 0.29) is 23.3 Å². The number of amides is 1. The molecule has 2 aromatic rings. The van der Waals surface area contributed by atoms with E-state index >= 15 is 0 Å². The molecule has 1 atom stereocenters. The first kappa shape index (κ1) is 14.2. The second-order valence-electron chi connectivity index (χ2n) is 4.70. The Morgan fingerprint density at radius 2 is 1.75 bits per heavy atom. The standard InChI is InChI=1S/C16H15F2NO/c1-11(10-12-6-8-13(17)9-7-12)16(20)19-15-5-3-2-4-14(15)18/h2-9,11H,10H2,1H3,(H,19,20). The molecule has 0 fully saturated rings. The Bertz CT molecular complexity index is 596. The third-order valence-electron chi connectivity index (χ3n) is 3.03. The molecule has 4 heteroatoms. The van der Waals surface area contributed by atoms with Gasteiger partial charge in [0.25, 0.3) is 0 Å². The van der Waals surface area contributed by atoms with Crippen LogP contribution < -0.4 is 5.32 Å². The number of benzene rings is 2. The number of rotatable bonds is 4. The summed E-state index contributed by atoms with van der Waals surface area (Å²) in [5, 5.41) is 2.55. The first-order valence-corrected chi connectivity index (χ1v) is 6.36. The zero-order valence-corrected chi connectivity index (χ0v) is 11.1. The minimum atomic E-state index is -0.463. The highest BCUT2D eigenvalue weighted by Gasteiger charge is 2.15. The number of para-hydroxylation sites is 1. The van der Waals surface area contributed by atoms with E-state index in [0.717, 1.165) is 5.56 Å². The van der Waals surface area contributed by atoms with E-state index in [9.17, 15) is 13.6 Å². The summed E-state index contributed by atoms with van der Waals surface area (Å²) in [6.45, 7) is 1.75. The van der Waals surface area contributed by atoms with Crippen LogP contribution in [0.3, 0.4) is 0 Å². The Balaban J connectivity index is 1.99. The molecule has 2 aromatic carbocycles. The number of anilines is 1. The summed E-state index contributed by atoms with van der Waals surface area (Å²) in [4.78, 5) is 12.0. The summed E-state index contributed by atoms with van der Waals surface area (Å²) in [7, 11) is 0. The van der Waals surface area contributed by atoms with Crippen LogP contribution in [0.25, 0.3) is 0 Å². The first-order chi connectivity index (χ1) is 9.56. The maximum atomic E-state index is 13.4. The van der Waals surface area contributed by atoms with Crippen molar-refractivity contribution in [2.24, 2.45) is 5.92 Å². The number of hydrogen-bond donors (Lipinski definition) is 1. The summed E-state index contributed by atoms with van der Waals surface area (Å²) < 4.78 is 26.2. The molecule has 0 saturated heterocycles. The van der Waals surface area contributed by atoms with Crippen LogP contribution in [-0.4, -0.2) is 5.91 Å². The Hall–Kier alpha value is -2.23. The molecule has 1 amide bonds. The summed E-state index contributed by atoms with van der Waals surface area (Å²) >= 11 is 0. The molecule has 1 N–H and O–H groups in total. The number of carbonyl (C=O) groups is 1. The second-order valence-corrected chi connectivity index (χ2v) is 4.70. The monoisotopic (exact) mass is 275 g/mol. The van der Waals surface area contributed by atoms with Crippen molar-refractivity contribution in [1.29, 1.82) is 0 Å². The molecule has 0 aliphatic heterocycles. The van der Waals surface area contributed by atoms with E-state index in [1.165, 1.54) is 24.3 Å². The van der Waals surface area contributed by atoms with Crippen LogP contribution in [0.4, 0.5) is 14.5 Å². The van der Waals surface area contributed by atoms with Crippen LogP contribution in [0.1, 0.15) is 12.5 Å². The van der Waals surface area contributed by atoms with Gasteiger partial charge in [-0.3, -0.25) is 4.79 Å². The number of hydrogen-bond acceptors (Lipinski definition) is 1. The van der Waals surface area contributed by atoms with Crippen LogP contribution in [0.5, 0.6) is 0 Å². The zero-order valence-electron chi connectivity index (χ0n) is 11.1. The van der Waals surface area contributed by atoms with Crippen molar-refractivity contribution >= 4 is 11.6 Å². The van der Waals surface area contributed by atoms with Crippen LogP contribution in [0.15, 0.2) is 48.5 Å². The highest BCUT2D eigenvalue weighted by molar-refractivity contribution is 5.92. The van der Waals surface area contributed by atoms with E-state index < -0.39 is 5.82 Å². The SMILES string of the molecule is CC(Cc1ccc(F)cc1)C(=O)Nc1ccccc1F. The third-order valence-corrected chi connectivity index (χ3v) is 3.03. The molecular weight excluding hydrogens is 260 g/mol. The minimum Gasteiger partial charge on any atom is -0.323 e. The topological polar surface area (TPSA) is 29.1 Å². The second kappa shape index (κ2) is 6.28. The molecule has 104 valence electrons. The normalized spacial score (nSPS) is 11.9. The van der Waals surface area contributed by atoms with Crippen molar-refractivity contribution in [3.05, 3.63) is 65.7 Å². The lowest BCUT2D eigenvalue weighted by Gasteiger charge is -2.12. The molecule has 0 aromatic heterocycles. The summed E-state index contributed by atoms with van der Waals surface area (Å²) in [6, 6.07) is 12.0. The van der Waals surface area contributed by atoms with Gasteiger partial charge in [-0.25, -0.2) is 8.78 Å². The fraction of sp³-hybridized carbons (Fsp3) is 0.188. The van der Waals surface area contributed by atoms with Crippen molar-refractivity contribution in [3.63, 3.8) is 0 Å². The van der Waals surface area contributed by atoms with E-state index in [1.807, 2.05) is 0 Å². The zero-order chi connectivity index (χ0) is 14.5. The molecule has 0 spiro atoms. The lowest BCUT2D eigenvalue weighted by molar-refractivity contribution is -0.119. The lowest BCUT2D eigenvalue weighted by Crippen LogP contribution is -2.22. The molecular formula is C16H15F2NO. The van der Waals surface area contributed by atoms with E-state index in [4.69, 9.17) is 0 Å². The van der Waals surface area contributed by atoms with E-state index in [2.05, 4.69) is 5.32 Å². The summed E-state index contributed by atoms with van der Waals surface area (Å²) in [6.07, 6.45) is 0.473. The molecule has 2 rings (SSSR count). The molecule has 0 aliphatic carbocycles. The highest BCUT2D eigenvalue weighted by Crippen LogP contribution is 2.16. The van der Waals surface area contributed by atoms with Gasteiger partial charge in [0.1, 0.15) is 11.6 Å². The molecule has 1 unspecified atom stereocenters. The molecule has 0 radical (unpaired) electrons. The van der Waals surface area contributed by atoms with Gasteiger partial charge in [0.05, 0.1) is 5.69 Å². The molecule has 0 saturated carbocycles. The lowest BCUT2D eigenvalue weighted by atomic mass is 10.0. The molecule has 20 heavy (non-hydrogen) atoms. The van der Waals surface area contributed by atoms with Crippen LogP contribution in [0, 0.1) is 17.6 Å². The Kier molecular flexibility index (Phi) is 4.45. The van der Waals surface area contributed by atoms with E-state index in [1.54, 1.807) is 31.2 Å². The van der Waals surface area contributed by atoms with E-state index in [0.29, 0.717) is 6.42 Å². The Morgan fingerprint density at radius 1 is 1.10 bits per heavy atom. The fourth-order valence-corrected chi connectivity index (χ4v) is 1.89. The number of halogens is 2. The van der Waals surface area contributed by atoms with Crippen LogP contribution in [-0.2, 0) is 11.2 Å². The first-order valence-electron chi connectivity index (χ1n) is 6.36. The molecule has 0 bridgehead atoms. The minimum absolute atomic E-state index is 0.170. The number of carbonyl (C=O) groups excluding carboxylic acids is 1. The molecule has 0 aliphatic rings. The van der Waals surface area contributed by atoms with Gasteiger partial charge in [0.15, 0.2) is 0 Å². The van der Waals surface area contributed by atoms with Gasteiger partial charge in [-0.2, -0.15) is 0 Å². The fourth-order valence-electron chi connectivity index (χ4n) is 1.89. The average Bonchev–Trinajstić information content (AvgIpc) is 2.44. The third kappa shape index (κ3) is 3.63. The van der Waals surface area contributed by atoms with Crippen LogP contribution in [0.2, 0.25) is 0 Å². The van der Waals surface area contributed by atoms with Gasteiger partial charge in [0, 0.05) is 5.92 Å². The van der Waals surface area contributed by atoms with Crippen molar-refractivity contribution in [1.82, 2.24) is 0 Å². The maximum absolute atomic E-state index is 13.4. The largest absolute Gasteiger partial charge is 0.323 e. The Morgan fingerprint density at radius 3 is 2.40 bits per heavy atom. The van der Waals surface area contributed by atoms with Gasteiger partial charge in [0.2, 0.25) is 5.91 Å². The number of nitrogens with one attached hydrogen (secondary N) is 1. The van der Waals surface area contributed by atoms with Crippen molar-refractivity contribution < 1.29 is 13.6 Å².